The lowest BCUT2D eigenvalue weighted by Crippen LogP contribution is -2.33. The lowest BCUT2D eigenvalue weighted by molar-refractivity contribution is -0.0908. The molecule has 1 aliphatic rings. The van der Waals surface area contributed by atoms with Gasteiger partial charge in [-0.25, -0.2) is 13.8 Å². The molecular weight excluding hydrogens is 212 g/mol. The number of aromatic nitrogens is 1. The van der Waals surface area contributed by atoms with E-state index in [0.29, 0.717) is 24.0 Å². The van der Waals surface area contributed by atoms with Gasteiger partial charge < -0.3 is 4.42 Å². The highest BCUT2D eigenvalue weighted by Gasteiger charge is 2.47. The maximum absolute atomic E-state index is 12.5. The SMILES string of the molecule is FC1(F)CC(c2cnc(CCCl)o2)C1. The van der Waals surface area contributed by atoms with Crippen molar-refractivity contribution in [3.8, 4) is 0 Å². The Kier molecular flexibility index (Phi) is 2.47. The fourth-order valence-electron chi connectivity index (χ4n) is 1.57. The fourth-order valence-corrected chi connectivity index (χ4v) is 1.73. The molecule has 1 saturated carbocycles. The number of nitrogens with zero attached hydrogens (tertiary/aromatic N) is 1. The highest BCUT2D eigenvalue weighted by Crippen LogP contribution is 2.48. The summed E-state index contributed by atoms with van der Waals surface area (Å²) >= 11 is 5.50. The van der Waals surface area contributed by atoms with Crippen LogP contribution in [-0.2, 0) is 6.42 Å². The minimum Gasteiger partial charge on any atom is -0.445 e. The van der Waals surface area contributed by atoms with Crippen LogP contribution in [0.4, 0.5) is 8.78 Å². The summed E-state index contributed by atoms with van der Waals surface area (Å²) in [6, 6.07) is 0. The molecular formula is C9H10ClF2NO. The summed E-state index contributed by atoms with van der Waals surface area (Å²) in [6.07, 6.45) is 1.83. The Labute approximate surface area is 85.3 Å². The van der Waals surface area contributed by atoms with Gasteiger partial charge in [-0.3, -0.25) is 0 Å². The summed E-state index contributed by atoms with van der Waals surface area (Å²) in [5.41, 5.74) is 0. The van der Waals surface area contributed by atoms with E-state index in [0.717, 1.165) is 0 Å². The second kappa shape index (κ2) is 3.50. The topological polar surface area (TPSA) is 26.0 Å². The Morgan fingerprint density at radius 3 is 2.86 bits per heavy atom. The van der Waals surface area contributed by atoms with Crippen molar-refractivity contribution < 1.29 is 13.2 Å². The molecule has 0 unspecified atom stereocenters. The van der Waals surface area contributed by atoms with E-state index in [2.05, 4.69) is 4.98 Å². The van der Waals surface area contributed by atoms with Gasteiger partial charge in [-0.15, -0.1) is 11.6 Å². The summed E-state index contributed by atoms with van der Waals surface area (Å²) in [5.74, 6) is -1.15. The Balaban J connectivity index is 1.98. The quantitative estimate of drug-likeness (QED) is 0.734. The normalized spacial score (nSPS) is 20.8. The van der Waals surface area contributed by atoms with Crippen LogP contribution in [0.3, 0.4) is 0 Å². The van der Waals surface area contributed by atoms with Gasteiger partial charge in [-0.1, -0.05) is 0 Å². The van der Waals surface area contributed by atoms with E-state index in [1.165, 1.54) is 6.20 Å². The first kappa shape index (κ1) is 9.90. The summed E-state index contributed by atoms with van der Waals surface area (Å²) in [5, 5.41) is 0. The third-order valence-corrected chi connectivity index (χ3v) is 2.56. The van der Waals surface area contributed by atoms with E-state index >= 15 is 0 Å². The molecule has 2 nitrogen and oxygen atoms in total. The Morgan fingerprint density at radius 1 is 1.57 bits per heavy atom. The summed E-state index contributed by atoms with van der Waals surface area (Å²) in [4.78, 5) is 3.96. The third-order valence-electron chi connectivity index (χ3n) is 2.37. The standard InChI is InChI=1S/C9H10ClF2NO/c10-2-1-8-13-5-7(14-8)6-3-9(11,12)4-6/h5-6H,1-4H2. The number of hydrogen-bond donors (Lipinski definition) is 0. The molecule has 0 radical (unpaired) electrons. The smallest absolute Gasteiger partial charge is 0.249 e. The van der Waals surface area contributed by atoms with Gasteiger partial charge in [0.15, 0.2) is 5.89 Å². The second-order valence-electron chi connectivity index (χ2n) is 3.56. The Hall–Kier alpha value is -0.640. The van der Waals surface area contributed by atoms with Crippen molar-refractivity contribution in [3.05, 3.63) is 17.8 Å². The van der Waals surface area contributed by atoms with Crippen LogP contribution in [0.5, 0.6) is 0 Å². The maximum Gasteiger partial charge on any atom is 0.249 e. The molecule has 0 aliphatic heterocycles. The third kappa shape index (κ3) is 1.90. The number of alkyl halides is 3. The van der Waals surface area contributed by atoms with Gasteiger partial charge in [0.2, 0.25) is 5.92 Å². The molecule has 78 valence electrons. The van der Waals surface area contributed by atoms with Crippen molar-refractivity contribution in [1.29, 1.82) is 0 Å². The van der Waals surface area contributed by atoms with Crippen molar-refractivity contribution in [3.63, 3.8) is 0 Å². The molecule has 0 N–H and O–H groups in total. The second-order valence-corrected chi connectivity index (χ2v) is 3.93. The molecule has 0 bridgehead atoms. The van der Waals surface area contributed by atoms with Crippen LogP contribution in [0.2, 0.25) is 0 Å². The molecule has 0 saturated heterocycles. The van der Waals surface area contributed by atoms with Gasteiger partial charge in [0.25, 0.3) is 0 Å². The Morgan fingerprint density at radius 2 is 2.29 bits per heavy atom. The largest absolute Gasteiger partial charge is 0.445 e. The predicted octanol–water partition coefficient (Wildman–Crippen LogP) is 2.97. The van der Waals surface area contributed by atoms with E-state index in [-0.39, 0.29) is 18.8 Å². The minimum absolute atomic E-state index is 0.123. The average Bonchev–Trinajstić information content (AvgIpc) is 2.49. The molecule has 1 heterocycles. The highest BCUT2D eigenvalue weighted by molar-refractivity contribution is 6.17. The molecule has 1 aromatic rings. The summed E-state index contributed by atoms with van der Waals surface area (Å²) in [6.45, 7) is 0. The zero-order valence-electron chi connectivity index (χ0n) is 7.47. The highest BCUT2D eigenvalue weighted by atomic mass is 35.5. The van der Waals surface area contributed by atoms with Crippen LogP contribution < -0.4 is 0 Å². The van der Waals surface area contributed by atoms with Crippen LogP contribution >= 0.6 is 11.6 Å². The fraction of sp³-hybridized carbons (Fsp3) is 0.667. The molecule has 14 heavy (non-hydrogen) atoms. The molecule has 0 aromatic carbocycles. The lowest BCUT2D eigenvalue weighted by Gasteiger charge is -2.33. The molecule has 5 heteroatoms. The van der Waals surface area contributed by atoms with Gasteiger partial charge in [-0.05, 0) is 0 Å². The van der Waals surface area contributed by atoms with Crippen molar-refractivity contribution in [2.75, 3.05) is 5.88 Å². The first-order valence-corrected chi connectivity index (χ1v) is 5.02. The molecule has 0 spiro atoms. The maximum atomic E-state index is 12.5. The molecule has 0 amide bonds. The zero-order chi connectivity index (χ0) is 10.2. The monoisotopic (exact) mass is 221 g/mol. The molecule has 1 aliphatic carbocycles. The first-order chi connectivity index (χ1) is 6.61. The van der Waals surface area contributed by atoms with E-state index in [1.807, 2.05) is 0 Å². The van der Waals surface area contributed by atoms with Crippen LogP contribution in [0.1, 0.15) is 30.4 Å². The van der Waals surface area contributed by atoms with Crippen molar-refractivity contribution in [2.24, 2.45) is 0 Å². The van der Waals surface area contributed by atoms with Gasteiger partial charge in [-0.2, -0.15) is 0 Å². The van der Waals surface area contributed by atoms with E-state index in [1.54, 1.807) is 0 Å². The molecule has 2 rings (SSSR count). The van der Waals surface area contributed by atoms with Crippen molar-refractivity contribution in [2.45, 2.75) is 31.1 Å². The van der Waals surface area contributed by atoms with Crippen molar-refractivity contribution in [1.82, 2.24) is 4.98 Å². The van der Waals surface area contributed by atoms with Gasteiger partial charge >= 0.3 is 0 Å². The Bertz CT molecular complexity index is 318. The van der Waals surface area contributed by atoms with Gasteiger partial charge in [0.1, 0.15) is 5.76 Å². The molecule has 0 atom stereocenters. The van der Waals surface area contributed by atoms with E-state index in [4.69, 9.17) is 16.0 Å². The van der Waals surface area contributed by atoms with E-state index in [9.17, 15) is 8.78 Å². The lowest BCUT2D eigenvalue weighted by atomic mass is 9.80. The van der Waals surface area contributed by atoms with Crippen LogP contribution in [0, 0.1) is 0 Å². The summed E-state index contributed by atoms with van der Waals surface area (Å²) in [7, 11) is 0. The first-order valence-electron chi connectivity index (χ1n) is 4.49. The zero-order valence-corrected chi connectivity index (χ0v) is 8.23. The summed E-state index contributed by atoms with van der Waals surface area (Å²) < 4.78 is 30.4. The number of halogens is 3. The van der Waals surface area contributed by atoms with Gasteiger partial charge in [0.05, 0.1) is 6.20 Å². The minimum atomic E-state index is -2.51. The molecule has 1 fully saturated rings. The number of hydrogen-bond acceptors (Lipinski definition) is 2. The average molecular weight is 222 g/mol. The van der Waals surface area contributed by atoms with Crippen molar-refractivity contribution >= 4 is 11.6 Å². The number of rotatable bonds is 3. The van der Waals surface area contributed by atoms with Crippen LogP contribution in [0.25, 0.3) is 0 Å². The van der Waals surface area contributed by atoms with Crippen LogP contribution in [-0.4, -0.2) is 16.8 Å². The van der Waals surface area contributed by atoms with Crippen LogP contribution in [0.15, 0.2) is 10.6 Å². The number of oxazole rings is 1. The molecule has 1 aromatic heterocycles. The predicted molar refractivity (Wildman–Crippen MR) is 47.8 cm³/mol. The van der Waals surface area contributed by atoms with Gasteiger partial charge in [0, 0.05) is 31.1 Å². The van der Waals surface area contributed by atoms with E-state index < -0.39 is 5.92 Å². The number of aryl methyl sites for hydroxylation is 1.